The van der Waals surface area contributed by atoms with Gasteiger partial charge in [-0.1, -0.05) is 25.1 Å². The number of benzene rings is 1. The van der Waals surface area contributed by atoms with Crippen molar-refractivity contribution >= 4 is 16.7 Å². The normalized spacial score (nSPS) is 12.3. The predicted molar refractivity (Wildman–Crippen MR) is 97.8 cm³/mol. The molecule has 130 valence electrons. The van der Waals surface area contributed by atoms with Crippen molar-refractivity contribution in [3.8, 4) is 0 Å². The Morgan fingerprint density at radius 3 is 2.76 bits per heavy atom. The number of fused-ring (bicyclic) bond motifs is 1. The third kappa shape index (κ3) is 3.79. The van der Waals surface area contributed by atoms with Gasteiger partial charge in [0.1, 0.15) is 5.69 Å². The van der Waals surface area contributed by atoms with Crippen molar-refractivity contribution in [3.63, 3.8) is 0 Å². The van der Waals surface area contributed by atoms with E-state index in [1.54, 1.807) is 18.2 Å². The number of nitrogens with one attached hydrogen (secondary N) is 2. The molecule has 2 aromatic heterocycles. The van der Waals surface area contributed by atoms with E-state index in [4.69, 9.17) is 0 Å². The van der Waals surface area contributed by atoms with Crippen molar-refractivity contribution in [1.29, 1.82) is 0 Å². The minimum Gasteiger partial charge on any atom is -0.350 e. The van der Waals surface area contributed by atoms with Crippen LogP contribution in [-0.2, 0) is 6.54 Å². The van der Waals surface area contributed by atoms with Crippen LogP contribution < -0.4 is 10.9 Å². The quantitative estimate of drug-likeness (QED) is 0.750. The van der Waals surface area contributed by atoms with Gasteiger partial charge >= 0.3 is 0 Å². The summed E-state index contributed by atoms with van der Waals surface area (Å²) in [5, 5.41) is 8.66. The summed E-state index contributed by atoms with van der Waals surface area (Å²) in [6.07, 6.45) is 0. The molecule has 0 unspecified atom stereocenters. The van der Waals surface area contributed by atoms with Gasteiger partial charge in [-0.3, -0.25) is 14.3 Å². The van der Waals surface area contributed by atoms with Gasteiger partial charge in [0.15, 0.2) is 0 Å². The van der Waals surface area contributed by atoms with Gasteiger partial charge in [0, 0.05) is 24.2 Å². The Balaban J connectivity index is 1.66. The summed E-state index contributed by atoms with van der Waals surface area (Å²) in [6, 6.07) is 11.0. The van der Waals surface area contributed by atoms with Crippen molar-refractivity contribution in [1.82, 2.24) is 20.1 Å². The van der Waals surface area contributed by atoms with Crippen LogP contribution in [-0.4, -0.2) is 27.2 Å². The third-order valence-electron chi connectivity index (χ3n) is 4.20. The van der Waals surface area contributed by atoms with E-state index in [1.165, 1.54) is 0 Å². The number of aromatic nitrogens is 3. The maximum Gasteiger partial charge on any atom is 0.267 e. The SMILES string of the molecule is Cc1cc(C)n(C[C@H](C)CNC(=O)c2cc3ccccc3c(=O)[nH]2)n1. The first-order valence-electron chi connectivity index (χ1n) is 8.35. The standard InChI is InChI=1S/C19H22N4O2/c1-12(11-23-14(3)8-13(2)22-23)10-20-19(25)17-9-15-6-4-5-7-16(15)18(24)21-17/h4-9,12H,10-11H2,1-3H3,(H,20,25)(H,21,24)/t12-/m1/s1. The van der Waals surface area contributed by atoms with Gasteiger partial charge in [-0.05, 0) is 43.4 Å². The lowest BCUT2D eigenvalue weighted by atomic mass is 10.1. The highest BCUT2D eigenvalue weighted by atomic mass is 16.2. The van der Waals surface area contributed by atoms with Gasteiger partial charge in [-0.2, -0.15) is 5.10 Å². The van der Waals surface area contributed by atoms with E-state index in [0.29, 0.717) is 11.9 Å². The van der Waals surface area contributed by atoms with Crippen LogP contribution in [0.4, 0.5) is 0 Å². The molecule has 2 N–H and O–H groups in total. The van der Waals surface area contributed by atoms with Crippen LogP contribution in [0.15, 0.2) is 41.2 Å². The Morgan fingerprint density at radius 2 is 2.04 bits per heavy atom. The number of aryl methyl sites for hydroxylation is 2. The molecule has 3 aromatic rings. The number of H-pyrrole nitrogens is 1. The number of amides is 1. The summed E-state index contributed by atoms with van der Waals surface area (Å²) >= 11 is 0. The summed E-state index contributed by atoms with van der Waals surface area (Å²) in [5.41, 5.74) is 2.12. The number of pyridine rings is 1. The van der Waals surface area contributed by atoms with E-state index in [2.05, 4.69) is 22.3 Å². The number of nitrogens with zero attached hydrogens (tertiary/aromatic N) is 2. The number of carbonyl (C=O) groups excluding carboxylic acids is 1. The number of hydrogen-bond donors (Lipinski definition) is 2. The second kappa shape index (κ2) is 6.93. The summed E-state index contributed by atoms with van der Waals surface area (Å²) < 4.78 is 1.95. The zero-order valence-electron chi connectivity index (χ0n) is 14.7. The molecule has 6 heteroatoms. The van der Waals surface area contributed by atoms with Gasteiger partial charge in [0.2, 0.25) is 0 Å². The molecule has 0 aliphatic carbocycles. The molecule has 6 nitrogen and oxygen atoms in total. The molecule has 1 aromatic carbocycles. The van der Waals surface area contributed by atoms with Crippen LogP contribution in [0.3, 0.4) is 0 Å². The maximum absolute atomic E-state index is 12.4. The molecule has 0 bridgehead atoms. The van der Waals surface area contributed by atoms with Gasteiger partial charge in [0.25, 0.3) is 11.5 Å². The molecule has 0 saturated heterocycles. The molecule has 2 heterocycles. The molecule has 0 spiro atoms. The monoisotopic (exact) mass is 338 g/mol. The minimum absolute atomic E-state index is 0.217. The van der Waals surface area contributed by atoms with Crippen molar-refractivity contribution in [2.45, 2.75) is 27.3 Å². The lowest BCUT2D eigenvalue weighted by Gasteiger charge is -2.14. The number of rotatable bonds is 5. The molecule has 0 aliphatic heterocycles. The van der Waals surface area contributed by atoms with Gasteiger partial charge in [-0.25, -0.2) is 0 Å². The first-order chi connectivity index (χ1) is 11.9. The summed E-state index contributed by atoms with van der Waals surface area (Å²) in [4.78, 5) is 27.1. The fourth-order valence-corrected chi connectivity index (χ4v) is 2.91. The largest absolute Gasteiger partial charge is 0.350 e. The number of aromatic amines is 1. The number of hydrogen-bond acceptors (Lipinski definition) is 3. The van der Waals surface area contributed by atoms with E-state index < -0.39 is 0 Å². The highest BCUT2D eigenvalue weighted by molar-refractivity contribution is 5.96. The molecule has 25 heavy (non-hydrogen) atoms. The van der Waals surface area contributed by atoms with E-state index >= 15 is 0 Å². The van der Waals surface area contributed by atoms with Crippen molar-refractivity contribution in [2.24, 2.45) is 5.92 Å². The van der Waals surface area contributed by atoms with Gasteiger partial charge in [0.05, 0.1) is 5.69 Å². The van der Waals surface area contributed by atoms with Crippen molar-refractivity contribution < 1.29 is 4.79 Å². The Kier molecular flexibility index (Phi) is 4.70. The first kappa shape index (κ1) is 17.0. The fraction of sp³-hybridized carbons (Fsp3) is 0.316. The van der Waals surface area contributed by atoms with E-state index in [-0.39, 0.29) is 23.1 Å². The highest BCUT2D eigenvalue weighted by Crippen LogP contribution is 2.10. The lowest BCUT2D eigenvalue weighted by molar-refractivity contribution is 0.0941. The fourth-order valence-electron chi connectivity index (χ4n) is 2.91. The van der Waals surface area contributed by atoms with Crippen molar-refractivity contribution in [3.05, 3.63) is 63.8 Å². The highest BCUT2D eigenvalue weighted by Gasteiger charge is 2.12. The van der Waals surface area contributed by atoms with Crippen LogP contribution in [0.5, 0.6) is 0 Å². The van der Waals surface area contributed by atoms with E-state index in [1.807, 2.05) is 36.7 Å². The molecular formula is C19H22N4O2. The molecule has 0 aliphatic rings. The zero-order valence-corrected chi connectivity index (χ0v) is 14.7. The van der Waals surface area contributed by atoms with Crippen molar-refractivity contribution in [2.75, 3.05) is 6.54 Å². The maximum atomic E-state index is 12.4. The average molecular weight is 338 g/mol. The summed E-state index contributed by atoms with van der Waals surface area (Å²) in [7, 11) is 0. The molecule has 1 amide bonds. The molecule has 0 fully saturated rings. The molecule has 3 rings (SSSR count). The van der Waals surface area contributed by atoms with E-state index in [9.17, 15) is 9.59 Å². The second-order valence-electron chi connectivity index (χ2n) is 6.52. The van der Waals surface area contributed by atoms with Crippen LogP contribution >= 0.6 is 0 Å². The Bertz CT molecular complexity index is 971. The van der Waals surface area contributed by atoms with E-state index in [0.717, 1.165) is 23.3 Å². The average Bonchev–Trinajstić information content (AvgIpc) is 2.89. The van der Waals surface area contributed by atoms with Crippen LogP contribution in [0, 0.1) is 19.8 Å². The van der Waals surface area contributed by atoms with Gasteiger partial charge in [-0.15, -0.1) is 0 Å². The lowest BCUT2D eigenvalue weighted by Crippen LogP contribution is -2.32. The number of carbonyl (C=O) groups is 1. The van der Waals surface area contributed by atoms with Crippen LogP contribution in [0.1, 0.15) is 28.8 Å². The Morgan fingerprint density at radius 1 is 1.28 bits per heavy atom. The molecular weight excluding hydrogens is 316 g/mol. The topological polar surface area (TPSA) is 79.8 Å². The van der Waals surface area contributed by atoms with Crippen LogP contribution in [0.25, 0.3) is 10.8 Å². The minimum atomic E-state index is -0.275. The summed E-state index contributed by atoms with van der Waals surface area (Å²) in [5.74, 6) is -0.0581. The smallest absolute Gasteiger partial charge is 0.267 e. The summed E-state index contributed by atoms with van der Waals surface area (Å²) in [6.45, 7) is 7.28. The Hall–Kier alpha value is -2.89. The molecule has 1 atom stereocenters. The molecule has 0 saturated carbocycles. The van der Waals surface area contributed by atoms with Crippen LogP contribution in [0.2, 0.25) is 0 Å². The Labute approximate surface area is 145 Å². The zero-order chi connectivity index (χ0) is 18.0. The second-order valence-corrected chi connectivity index (χ2v) is 6.52. The van der Waals surface area contributed by atoms with Gasteiger partial charge < -0.3 is 10.3 Å². The third-order valence-corrected chi connectivity index (χ3v) is 4.20. The first-order valence-corrected chi connectivity index (χ1v) is 8.35. The predicted octanol–water partition coefficient (Wildman–Crippen LogP) is 2.41. The molecule has 0 radical (unpaired) electrons.